The summed E-state index contributed by atoms with van der Waals surface area (Å²) in [5.74, 6) is 0.413. The third-order valence-corrected chi connectivity index (χ3v) is 3.21. The van der Waals surface area contributed by atoms with E-state index in [0.717, 1.165) is 17.9 Å². The predicted octanol–water partition coefficient (Wildman–Crippen LogP) is 2.92. The zero-order chi connectivity index (χ0) is 13.4. The van der Waals surface area contributed by atoms with Crippen molar-refractivity contribution in [3.8, 4) is 0 Å². The van der Waals surface area contributed by atoms with Crippen LogP contribution in [-0.4, -0.2) is 31.1 Å². The molecule has 18 heavy (non-hydrogen) atoms. The summed E-state index contributed by atoms with van der Waals surface area (Å²) in [5.41, 5.74) is 0.718. The molecule has 3 nitrogen and oxygen atoms in total. The van der Waals surface area contributed by atoms with Gasteiger partial charge >= 0.3 is 5.97 Å². The standard InChI is InChI=1S/C13H18FNO2S/c1-17-13(16)12(4-3-9-18-2)15-11-7-5-10(14)6-8-11/h5-8,12,15H,3-4,9H2,1-2H3. The minimum atomic E-state index is -0.382. The molecule has 0 amide bonds. The van der Waals surface area contributed by atoms with Crippen LogP contribution in [0.3, 0.4) is 0 Å². The molecule has 0 aliphatic heterocycles. The Kier molecular flexibility index (Phi) is 6.57. The molecule has 0 saturated heterocycles. The van der Waals surface area contributed by atoms with Crippen molar-refractivity contribution in [1.82, 2.24) is 0 Å². The third kappa shape index (κ3) is 4.96. The van der Waals surface area contributed by atoms with Crippen LogP contribution in [0.15, 0.2) is 24.3 Å². The smallest absolute Gasteiger partial charge is 0.328 e. The number of hydrogen-bond donors (Lipinski definition) is 1. The predicted molar refractivity (Wildman–Crippen MR) is 73.4 cm³/mol. The largest absolute Gasteiger partial charge is 0.467 e. The van der Waals surface area contributed by atoms with Crippen LogP contribution in [0.4, 0.5) is 10.1 Å². The number of methoxy groups -OCH3 is 1. The quantitative estimate of drug-likeness (QED) is 0.611. The zero-order valence-electron chi connectivity index (χ0n) is 10.6. The summed E-state index contributed by atoms with van der Waals surface area (Å²) in [6.45, 7) is 0. The van der Waals surface area contributed by atoms with Crippen LogP contribution in [0.2, 0.25) is 0 Å². The lowest BCUT2D eigenvalue weighted by atomic mass is 10.1. The van der Waals surface area contributed by atoms with Crippen LogP contribution in [0.1, 0.15) is 12.8 Å². The zero-order valence-corrected chi connectivity index (χ0v) is 11.4. The van der Waals surface area contributed by atoms with Crippen LogP contribution >= 0.6 is 11.8 Å². The molecule has 0 spiro atoms. The van der Waals surface area contributed by atoms with Crippen molar-refractivity contribution in [3.05, 3.63) is 30.1 Å². The first-order chi connectivity index (χ1) is 8.67. The number of benzene rings is 1. The maximum absolute atomic E-state index is 12.8. The van der Waals surface area contributed by atoms with Gasteiger partial charge in [-0.05, 0) is 49.1 Å². The molecule has 1 unspecified atom stereocenters. The molecule has 0 aliphatic rings. The number of ether oxygens (including phenoxy) is 1. The van der Waals surface area contributed by atoms with Gasteiger partial charge in [0.2, 0.25) is 0 Å². The number of thioether (sulfide) groups is 1. The van der Waals surface area contributed by atoms with Crippen LogP contribution in [0.5, 0.6) is 0 Å². The number of esters is 1. The van der Waals surface area contributed by atoms with E-state index in [2.05, 4.69) is 5.32 Å². The summed E-state index contributed by atoms with van der Waals surface area (Å²) in [7, 11) is 1.37. The van der Waals surface area contributed by atoms with Gasteiger partial charge in [0.15, 0.2) is 0 Å². The molecule has 5 heteroatoms. The molecule has 1 aromatic rings. The first-order valence-electron chi connectivity index (χ1n) is 5.76. The molecule has 1 N–H and O–H groups in total. The second-order valence-electron chi connectivity index (χ2n) is 3.86. The molecule has 1 atom stereocenters. The Morgan fingerprint density at radius 3 is 2.67 bits per heavy atom. The molecule has 0 saturated carbocycles. The number of halogens is 1. The van der Waals surface area contributed by atoms with Crippen LogP contribution < -0.4 is 5.32 Å². The topological polar surface area (TPSA) is 38.3 Å². The number of hydrogen-bond acceptors (Lipinski definition) is 4. The van der Waals surface area contributed by atoms with Gasteiger partial charge in [-0.1, -0.05) is 0 Å². The summed E-state index contributed by atoms with van der Waals surface area (Å²) in [6, 6.07) is 5.56. The van der Waals surface area contributed by atoms with Crippen molar-refractivity contribution in [2.75, 3.05) is 24.4 Å². The van der Waals surface area contributed by atoms with E-state index >= 15 is 0 Å². The number of carbonyl (C=O) groups is 1. The van der Waals surface area contributed by atoms with E-state index in [1.165, 1.54) is 19.2 Å². The molecule has 0 fully saturated rings. The Labute approximate surface area is 111 Å². The van der Waals surface area contributed by atoms with Crippen molar-refractivity contribution in [2.24, 2.45) is 0 Å². The summed E-state index contributed by atoms with van der Waals surface area (Å²) >= 11 is 1.74. The fraction of sp³-hybridized carbons (Fsp3) is 0.462. The summed E-state index contributed by atoms with van der Waals surface area (Å²) in [6.07, 6.45) is 3.65. The van der Waals surface area contributed by atoms with Gasteiger partial charge in [0.25, 0.3) is 0 Å². The normalized spacial score (nSPS) is 11.9. The van der Waals surface area contributed by atoms with Gasteiger partial charge in [0, 0.05) is 5.69 Å². The van der Waals surface area contributed by atoms with Gasteiger partial charge in [-0.2, -0.15) is 11.8 Å². The molecule has 0 aliphatic carbocycles. The Bertz CT molecular complexity index is 370. The fourth-order valence-corrected chi connectivity index (χ4v) is 2.03. The molecule has 0 aromatic heterocycles. The monoisotopic (exact) mass is 271 g/mol. The highest BCUT2D eigenvalue weighted by atomic mass is 32.2. The number of anilines is 1. The van der Waals surface area contributed by atoms with E-state index in [1.807, 2.05) is 6.26 Å². The second-order valence-corrected chi connectivity index (χ2v) is 4.85. The van der Waals surface area contributed by atoms with Gasteiger partial charge in [-0.3, -0.25) is 0 Å². The Balaban J connectivity index is 2.59. The Hall–Kier alpha value is -1.23. The maximum atomic E-state index is 12.8. The fourth-order valence-electron chi connectivity index (χ4n) is 1.57. The molecular formula is C13H18FNO2S. The average molecular weight is 271 g/mol. The van der Waals surface area contributed by atoms with Crippen molar-refractivity contribution in [2.45, 2.75) is 18.9 Å². The second kappa shape index (κ2) is 7.97. The van der Waals surface area contributed by atoms with Gasteiger partial charge in [0.05, 0.1) is 7.11 Å². The summed E-state index contributed by atoms with van der Waals surface area (Å²) < 4.78 is 17.5. The Morgan fingerprint density at radius 1 is 1.44 bits per heavy atom. The van der Waals surface area contributed by atoms with Gasteiger partial charge in [0.1, 0.15) is 11.9 Å². The lowest BCUT2D eigenvalue weighted by Crippen LogP contribution is -2.30. The van der Waals surface area contributed by atoms with Crippen molar-refractivity contribution in [1.29, 1.82) is 0 Å². The van der Waals surface area contributed by atoms with E-state index in [9.17, 15) is 9.18 Å². The van der Waals surface area contributed by atoms with Crippen molar-refractivity contribution in [3.63, 3.8) is 0 Å². The van der Waals surface area contributed by atoms with Crippen LogP contribution in [0, 0.1) is 5.82 Å². The molecule has 0 bridgehead atoms. The minimum Gasteiger partial charge on any atom is -0.467 e. The maximum Gasteiger partial charge on any atom is 0.328 e. The van der Waals surface area contributed by atoms with E-state index in [-0.39, 0.29) is 17.8 Å². The van der Waals surface area contributed by atoms with Crippen LogP contribution in [0.25, 0.3) is 0 Å². The van der Waals surface area contributed by atoms with Crippen molar-refractivity contribution < 1.29 is 13.9 Å². The van der Waals surface area contributed by atoms with E-state index in [4.69, 9.17) is 4.74 Å². The summed E-state index contributed by atoms with van der Waals surface area (Å²) in [4.78, 5) is 11.6. The average Bonchev–Trinajstić information content (AvgIpc) is 2.39. The van der Waals surface area contributed by atoms with E-state index in [0.29, 0.717) is 6.42 Å². The minimum absolute atomic E-state index is 0.291. The molecule has 1 aromatic carbocycles. The third-order valence-electron chi connectivity index (χ3n) is 2.51. The van der Waals surface area contributed by atoms with Gasteiger partial charge in [-0.15, -0.1) is 0 Å². The van der Waals surface area contributed by atoms with Crippen LogP contribution in [-0.2, 0) is 9.53 Å². The first kappa shape index (κ1) is 14.8. The Morgan fingerprint density at radius 2 is 2.11 bits per heavy atom. The lowest BCUT2D eigenvalue weighted by molar-refractivity contribution is -0.141. The molecule has 0 heterocycles. The van der Waals surface area contributed by atoms with E-state index in [1.54, 1.807) is 23.9 Å². The number of nitrogens with one attached hydrogen (secondary N) is 1. The highest BCUT2D eigenvalue weighted by Gasteiger charge is 2.18. The summed E-state index contributed by atoms with van der Waals surface area (Å²) in [5, 5.41) is 3.07. The van der Waals surface area contributed by atoms with Gasteiger partial charge < -0.3 is 10.1 Å². The molecule has 1 rings (SSSR count). The highest BCUT2D eigenvalue weighted by molar-refractivity contribution is 7.98. The lowest BCUT2D eigenvalue weighted by Gasteiger charge is -2.17. The molecule has 100 valence electrons. The first-order valence-corrected chi connectivity index (χ1v) is 7.15. The van der Waals surface area contributed by atoms with Crippen molar-refractivity contribution >= 4 is 23.4 Å². The highest BCUT2D eigenvalue weighted by Crippen LogP contribution is 2.13. The van der Waals surface area contributed by atoms with Gasteiger partial charge in [-0.25, -0.2) is 9.18 Å². The number of rotatable bonds is 7. The molecular weight excluding hydrogens is 253 g/mol. The van der Waals surface area contributed by atoms with E-state index < -0.39 is 0 Å². The molecule has 0 radical (unpaired) electrons. The number of carbonyl (C=O) groups excluding carboxylic acids is 1. The SMILES string of the molecule is COC(=O)C(CCCSC)Nc1ccc(F)cc1.